The fourth-order valence-corrected chi connectivity index (χ4v) is 3.71. The van der Waals surface area contributed by atoms with Crippen LogP contribution in [0.5, 0.6) is 5.75 Å². The average Bonchev–Trinajstić information content (AvgIpc) is 2.52. The number of piperidine rings is 1. The minimum Gasteiger partial charge on any atom is -0.440 e. The number of allylic oxidation sites excluding steroid dienone is 1. The molecule has 1 aliphatic heterocycles. The van der Waals surface area contributed by atoms with Crippen molar-refractivity contribution in [1.29, 1.82) is 0 Å². The maximum absolute atomic E-state index is 12.6. The summed E-state index contributed by atoms with van der Waals surface area (Å²) in [6.45, 7) is 12.4. The van der Waals surface area contributed by atoms with Crippen LogP contribution in [-0.4, -0.2) is 29.2 Å². The van der Waals surface area contributed by atoms with Crippen LogP contribution in [-0.2, 0) is 0 Å². The van der Waals surface area contributed by atoms with Crippen LogP contribution in [0.15, 0.2) is 54.0 Å². The first kappa shape index (κ1) is 20.7. The highest BCUT2D eigenvalue weighted by Gasteiger charge is 2.38. The van der Waals surface area contributed by atoms with E-state index in [9.17, 15) is 4.79 Å². The number of hydrogen-bond acceptors (Lipinski definition) is 5. The summed E-state index contributed by atoms with van der Waals surface area (Å²) in [5.41, 5.74) is 5.79. The summed E-state index contributed by atoms with van der Waals surface area (Å²) >= 11 is 0. The van der Waals surface area contributed by atoms with Gasteiger partial charge < -0.3 is 21.1 Å². The predicted molar refractivity (Wildman–Crippen MR) is 110 cm³/mol. The van der Waals surface area contributed by atoms with Crippen LogP contribution < -0.4 is 21.1 Å². The average molecular weight is 370 g/mol. The molecule has 6 heteroatoms. The van der Waals surface area contributed by atoms with E-state index in [1.54, 1.807) is 30.3 Å². The highest BCUT2D eigenvalue weighted by atomic mass is 16.5. The maximum atomic E-state index is 12.6. The van der Waals surface area contributed by atoms with Crippen LogP contribution in [0.4, 0.5) is 0 Å². The topological polar surface area (TPSA) is 88.7 Å². The van der Waals surface area contributed by atoms with E-state index in [0.717, 1.165) is 12.8 Å². The summed E-state index contributed by atoms with van der Waals surface area (Å²) in [7, 11) is 0. The highest BCUT2D eigenvalue weighted by Crippen LogP contribution is 2.28. The molecule has 0 aromatic heterocycles. The summed E-state index contributed by atoms with van der Waals surface area (Å²) in [5.74, 6) is 0.726. The molecule has 2 rings (SSSR count). The Morgan fingerprint density at radius 3 is 2.41 bits per heavy atom. The van der Waals surface area contributed by atoms with E-state index in [2.05, 4.69) is 49.9 Å². The van der Waals surface area contributed by atoms with E-state index in [1.165, 1.54) is 12.4 Å². The molecule has 1 heterocycles. The second-order valence-corrected chi connectivity index (χ2v) is 8.15. The minimum atomic E-state index is -0.0787. The van der Waals surface area contributed by atoms with E-state index in [0.29, 0.717) is 11.3 Å². The Morgan fingerprint density at radius 2 is 1.85 bits per heavy atom. The molecule has 6 nitrogen and oxygen atoms in total. The van der Waals surface area contributed by atoms with Gasteiger partial charge in [0.25, 0.3) is 5.91 Å². The Bertz CT molecular complexity index is 717. The molecule has 0 saturated carbocycles. The molecule has 0 atom stereocenters. The number of nitrogens with zero attached hydrogens (tertiary/aromatic N) is 1. The Morgan fingerprint density at radius 1 is 1.26 bits per heavy atom. The first-order valence-corrected chi connectivity index (χ1v) is 9.08. The fourth-order valence-electron chi connectivity index (χ4n) is 3.71. The van der Waals surface area contributed by atoms with Gasteiger partial charge in [-0.05, 0) is 83.7 Å². The standard InChI is InChI=1S/C21H30N4O2/c1-15(23-12-6-11-22)27-18-9-7-16(8-10-18)19(26)24-17-13-20(2,3)25-21(4,5)14-17/h6-12,17,25H,1,13-14,22H2,2-5H3,(H,24,26)/b11-6-,23-12-. The first-order valence-electron chi connectivity index (χ1n) is 9.08. The zero-order valence-electron chi connectivity index (χ0n) is 16.6. The van der Waals surface area contributed by atoms with Crippen molar-refractivity contribution in [2.24, 2.45) is 10.7 Å². The molecular formula is C21H30N4O2. The van der Waals surface area contributed by atoms with Gasteiger partial charge in [0.05, 0.1) is 0 Å². The number of amides is 1. The molecule has 0 bridgehead atoms. The number of hydrogen-bond donors (Lipinski definition) is 3. The van der Waals surface area contributed by atoms with Crippen molar-refractivity contribution in [2.45, 2.75) is 57.7 Å². The normalized spacial score (nSPS) is 19.3. The minimum absolute atomic E-state index is 0.0165. The molecule has 1 amide bonds. The van der Waals surface area contributed by atoms with Gasteiger partial charge in [0, 0.05) is 28.9 Å². The second kappa shape index (κ2) is 8.39. The van der Waals surface area contributed by atoms with Crippen LogP contribution in [0, 0.1) is 0 Å². The van der Waals surface area contributed by atoms with Gasteiger partial charge in [-0.2, -0.15) is 0 Å². The SMILES string of the molecule is C=C(/N=C\C=C/N)Oc1ccc(C(=O)NC2CC(C)(C)NC(C)(C)C2)cc1. The molecule has 1 saturated heterocycles. The second-order valence-electron chi connectivity index (χ2n) is 8.15. The lowest BCUT2D eigenvalue weighted by atomic mass is 9.79. The maximum Gasteiger partial charge on any atom is 0.251 e. The van der Waals surface area contributed by atoms with Gasteiger partial charge in [-0.25, -0.2) is 4.99 Å². The monoisotopic (exact) mass is 370 g/mol. The van der Waals surface area contributed by atoms with E-state index >= 15 is 0 Å². The van der Waals surface area contributed by atoms with Crippen molar-refractivity contribution in [3.63, 3.8) is 0 Å². The van der Waals surface area contributed by atoms with Crippen LogP contribution in [0.3, 0.4) is 0 Å². The van der Waals surface area contributed by atoms with Gasteiger partial charge in [-0.3, -0.25) is 4.79 Å². The predicted octanol–water partition coefficient (Wildman–Crippen LogP) is 3.12. The van der Waals surface area contributed by atoms with Crippen molar-refractivity contribution >= 4 is 12.1 Å². The van der Waals surface area contributed by atoms with Crippen molar-refractivity contribution < 1.29 is 9.53 Å². The Balaban J connectivity index is 1.96. The molecule has 1 aromatic carbocycles. The summed E-state index contributed by atoms with van der Waals surface area (Å²) < 4.78 is 5.49. The van der Waals surface area contributed by atoms with Crippen molar-refractivity contribution in [3.05, 3.63) is 54.6 Å². The third-order valence-electron chi connectivity index (χ3n) is 4.29. The van der Waals surface area contributed by atoms with Crippen molar-refractivity contribution in [1.82, 2.24) is 10.6 Å². The van der Waals surface area contributed by atoms with Gasteiger partial charge >= 0.3 is 0 Å². The molecule has 0 spiro atoms. The van der Waals surface area contributed by atoms with Crippen molar-refractivity contribution in [2.75, 3.05) is 0 Å². The number of benzene rings is 1. The van der Waals surface area contributed by atoms with Crippen LogP contribution in [0.2, 0.25) is 0 Å². The quantitative estimate of drug-likeness (QED) is 0.530. The van der Waals surface area contributed by atoms with Crippen LogP contribution in [0.25, 0.3) is 0 Å². The summed E-state index contributed by atoms with van der Waals surface area (Å²) in [4.78, 5) is 16.6. The lowest BCUT2D eigenvalue weighted by Gasteiger charge is -2.46. The number of nitrogens with one attached hydrogen (secondary N) is 2. The molecule has 27 heavy (non-hydrogen) atoms. The van der Waals surface area contributed by atoms with Gasteiger partial charge in [-0.1, -0.05) is 0 Å². The molecule has 4 N–H and O–H groups in total. The van der Waals surface area contributed by atoms with E-state index in [4.69, 9.17) is 10.5 Å². The molecule has 0 aliphatic carbocycles. The molecule has 0 radical (unpaired) electrons. The lowest BCUT2D eigenvalue weighted by Crippen LogP contribution is -2.62. The number of nitrogens with two attached hydrogens (primary N) is 1. The van der Waals surface area contributed by atoms with Gasteiger partial charge in [0.1, 0.15) is 5.75 Å². The van der Waals surface area contributed by atoms with Gasteiger partial charge in [0.2, 0.25) is 5.88 Å². The lowest BCUT2D eigenvalue weighted by molar-refractivity contribution is 0.0873. The van der Waals surface area contributed by atoms with Crippen LogP contribution in [0.1, 0.15) is 50.9 Å². The molecule has 1 fully saturated rings. The van der Waals surface area contributed by atoms with Crippen LogP contribution >= 0.6 is 0 Å². The third kappa shape index (κ3) is 6.57. The number of carbonyl (C=O) groups excluding carboxylic acids is 1. The number of aliphatic imine (C=N–C) groups is 1. The Kier molecular flexibility index (Phi) is 6.44. The van der Waals surface area contributed by atoms with E-state index < -0.39 is 0 Å². The zero-order chi connectivity index (χ0) is 20.1. The highest BCUT2D eigenvalue weighted by molar-refractivity contribution is 5.94. The number of rotatable bonds is 6. The number of ether oxygens (including phenoxy) is 1. The molecule has 1 aromatic rings. The Hall–Kier alpha value is -2.60. The molecule has 146 valence electrons. The van der Waals surface area contributed by atoms with E-state index in [-0.39, 0.29) is 28.9 Å². The smallest absolute Gasteiger partial charge is 0.251 e. The summed E-state index contributed by atoms with van der Waals surface area (Å²) in [5, 5.41) is 6.78. The number of carbonyl (C=O) groups is 1. The molecule has 0 unspecified atom stereocenters. The zero-order valence-corrected chi connectivity index (χ0v) is 16.6. The Labute approximate surface area is 161 Å². The molecular weight excluding hydrogens is 340 g/mol. The largest absolute Gasteiger partial charge is 0.440 e. The summed E-state index contributed by atoms with van der Waals surface area (Å²) in [6, 6.07) is 7.05. The third-order valence-corrected chi connectivity index (χ3v) is 4.29. The van der Waals surface area contributed by atoms with Crippen molar-refractivity contribution in [3.8, 4) is 5.75 Å². The van der Waals surface area contributed by atoms with Gasteiger partial charge in [-0.15, -0.1) is 0 Å². The first-order chi connectivity index (χ1) is 12.6. The summed E-state index contributed by atoms with van der Waals surface area (Å²) in [6.07, 6.45) is 6.21. The fraction of sp³-hybridized carbons (Fsp3) is 0.429. The van der Waals surface area contributed by atoms with E-state index in [1.807, 2.05) is 0 Å². The van der Waals surface area contributed by atoms with Gasteiger partial charge in [0.15, 0.2) is 0 Å². The molecule has 1 aliphatic rings.